The lowest BCUT2D eigenvalue weighted by atomic mass is 10.1. The predicted molar refractivity (Wildman–Crippen MR) is 79.4 cm³/mol. The van der Waals surface area contributed by atoms with Gasteiger partial charge in [0, 0.05) is 11.3 Å². The molecule has 1 atom stereocenters. The first-order valence-electron chi connectivity index (χ1n) is 6.31. The van der Waals surface area contributed by atoms with Crippen molar-refractivity contribution in [2.45, 2.75) is 13.0 Å². The molecule has 3 heteroatoms. The summed E-state index contributed by atoms with van der Waals surface area (Å²) in [7, 11) is 1.53. The topological polar surface area (TPSA) is 21.3 Å². The minimum atomic E-state index is -0.294. The number of hydrogen-bond acceptors (Lipinski definition) is 2. The summed E-state index contributed by atoms with van der Waals surface area (Å²) < 4.78 is 19.2. The summed E-state index contributed by atoms with van der Waals surface area (Å²) in [5, 5.41) is 3.23. The Hall–Kier alpha value is -2.47. The molecule has 2 aromatic rings. The predicted octanol–water partition coefficient (Wildman–Crippen LogP) is 3.99. The Morgan fingerprint density at radius 1 is 1.25 bits per heavy atom. The molecule has 2 nitrogen and oxygen atoms in total. The maximum absolute atomic E-state index is 14.0. The van der Waals surface area contributed by atoms with Gasteiger partial charge in [-0.1, -0.05) is 18.1 Å². The maximum atomic E-state index is 14.0. The van der Waals surface area contributed by atoms with Gasteiger partial charge in [-0.2, -0.15) is 0 Å². The number of benzene rings is 2. The Morgan fingerprint density at radius 2 is 2.00 bits per heavy atom. The molecule has 0 heterocycles. The van der Waals surface area contributed by atoms with Gasteiger partial charge in [0.05, 0.1) is 18.7 Å². The molecule has 1 N–H and O–H groups in total. The SMILES string of the molecule is C#Cc1cccc(NC(C)c2c(F)cccc2OC)c1. The van der Waals surface area contributed by atoms with Crippen molar-refractivity contribution < 1.29 is 9.13 Å². The first kappa shape index (κ1) is 14.0. The number of ether oxygens (including phenoxy) is 1. The van der Waals surface area contributed by atoms with Crippen LogP contribution in [0.3, 0.4) is 0 Å². The lowest BCUT2D eigenvalue weighted by Gasteiger charge is -2.19. The van der Waals surface area contributed by atoms with Crippen molar-refractivity contribution in [3.8, 4) is 18.1 Å². The van der Waals surface area contributed by atoms with E-state index >= 15 is 0 Å². The summed E-state index contributed by atoms with van der Waals surface area (Å²) in [5.74, 6) is 2.81. The maximum Gasteiger partial charge on any atom is 0.132 e. The van der Waals surface area contributed by atoms with Crippen molar-refractivity contribution in [1.82, 2.24) is 0 Å². The number of methoxy groups -OCH3 is 1. The van der Waals surface area contributed by atoms with Gasteiger partial charge in [-0.15, -0.1) is 6.42 Å². The van der Waals surface area contributed by atoms with E-state index < -0.39 is 0 Å². The van der Waals surface area contributed by atoms with Crippen LogP contribution in [0.5, 0.6) is 5.75 Å². The highest BCUT2D eigenvalue weighted by Crippen LogP contribution is 2.30. The molecule has 0 aromatic heterocycles. The summed E-state index contributed by atoms with van der Waals surface area (Å²) in [5.41, 5.74) is 2.13. The van der Waals surface area contributed by atoms with Gasteiger partial charge in [0.25, 0.3) is 0 Å². The first-order chi connectivity index (χ1) is 9.65. The molecule has 0 spiro atoms. The van der Waals surface area contributed by atoms with Gasteiger partial charge in [0.15, 0.2) is 0 Å². The third-order valence-electron chi connectivity index (χ3n) is 3.08. The van der Waals surface area contributed by atoms with E-state index in [-0.39, 0.29) is 11.9 Å². The van der Waals surface area contributed by atoms with Crippen molar-refractivity contribution in [3.05, 3.63) is 59.4 Å². The summed E-state index contributed by atoms with van der Waals surface area (Å²) in [6, 6.07) is 12.0. The molecule has 0 aliphatic heterocycles. The van der Waals surface area contributed by atoms with Gasteiger partial charge in [0.1, 0.15) is 11.6 Å². The smallest absolute Gasteiger partial charge is 0.132 e. The minimum Gasteiger partial charge on any atom is -0.496 e. The quantitative estimate of drug-likeness (QED) is 0.847. The number of rotatable bonds is 4. The van der Waals surface area contributed by atoms with E-state index in [0.717, 1.165) is 11.3 Å². The Bertz CT molecular complexity index is 646. The van der Waals surface area contributed by atoms with E-state index in [1.54, 1.807) is 12.1 Å². The molecular weight excluding hydrogens is 253 g/mol. The fraction of sp³-hybridized carbons (Fsp3) is 0.176. The molecule has 20 heavy (non-hydrogen) atoms. The summed E-state index contributed by atoms with van der Waals surface area (Å²) >= 11 is 0. The van der Waals surface area contributed by atoms with Gasteiger partial charge in [-0.25, -0.2) is 4.39 Å². The van der Waals surface area contributed by atoms with Crippen LogP contribution in [-0.2, 0) is 0 Å². The molecule has 0 saturated heterocycles. The molecule has 1 unspecified atom stereocenters. The van der Waals surface area contributed by atoms with Crippen LogP contribution in [0.4, 0.5) is 10.1 Å². The average molecular weight is 269 g/mol. The van der Waals surface area contributed by atoms with E-state index in [9.17, 15) is 4.39 Å². The van der Waals surface area contributed by atoms with Crippen LogP contribution in [0.1, 0.15) is 24.1 Å². The molecule has 0 aliphatic carbocycles. The van der Waals surface area contributed by atoms with E-state index in [0.29, 0.717) is 11.3 Å². The van der Waals surface area contributed by atoms with E-state index in [2.05, 4.69) is 11.2 Å². The fourth-order valence-corrected chi connectivity index (χ4v) is 2.14. The number of terminal acetylenes is 1. The number of anilines is 1. The number of nitrogens with one attached hydrogen (secondary N) is 1. The number of halogens is 1. The Labute approximate surface area is 118 Å². The van der Waals surface area contributed by atoms with Crippen LogP contribution in [0.25, 0.3) is 0 Å². The van der Waals surface area contributed by atoms with Crippen LogP contribution < -0.4 is 10.1 Å². The highest BCUT2D eigenvalue weighted by atomic mass is 19.1. The summed E-state index contributed by atoms with van der Waals surface area (Å²) in [4.78, 5) is 0. The van der Waals surface area contributed by atoms with Gasteiger partial charge < -0.3 is 10.1 Å². The zero-order chi connectivity index (χ0) is 14.5. The lowest BCUT2D eigenvalue weighted by Crippen LogP contribution is -2.10. The van der Waals surface area contributed by atoms with Crippen LogP contribution in [0.15, 0.2) is 42.5 Å². The number of hydrogen-bond donors (Lipinski definition) is 1. The van der Waals surface area contributed by atoms with E-state index in [4.69, 9.17) is 11.2 Å². The van der Waals surface area contributed by atoms with Crippen LogP contribution in [-0.4, -0.2) is 7.11 Å². The first-order valence-corrected chi connectivity index (χ1v) is 6.31. The third kappa shape index (κ3) is 2.92. The van der Waals surface area contributed by atoms with Crippen LogP contribution >= 0.6 is 0 Å². The molecule has 0 bridgehead atoms. The summed E-state index contributed by atoms with van der Waals surface area (Å²) in [6.45, 7) is 1.88. The van der Waals surface area contributed by atoms with Crippen molar-refractivity contribution in [1.29, 1.82) is 0 Å². The second-order valence-electron chi connectivity index (χ2n) is 4.45. The van der Waals surface area contributed by atoms with Crippen molar-refractivity contribution >= 4 is 5.69 Å². The van der Waals surface area contributed by atoms with Gasteiger partial charge in [0.2, 0.25) is 0 Å². The van der Waals surface area contributed by atoms with Gasteiger partial charge >= 0.3 is 0 Å². The molecular formula is C17H16FNO. The van der Waals surface area contributed by atoms with Crippen LogP contribution in [0, 0.1) is 18.2 Å². The van der Waals surface area contributed by atoms with Crippen molar-refractivity contribution in [2.24, 2.45) is 0 Å². The highest BCUT2D eigenvalue weighted by molar-refractivity contribution is 5.52. The molecule has 2 rings (SSSR count). The Balaban J connectivity index is 2.28. The molecule has 0 amide bonds. The molecule has 2 aromatic carbocycles. The lowest BCUT2D eigenvalue weighted by molar-refractivity contribution is 0.402. The van der Waals surface area contributed by atoms with E-state index in [1.165, 1.54) is 13.2 Å². The largest absolute Gasteiger partial charge is 0.496 e. The molecule has 0 radical (unpaired) electrons. The zero-order valence-corrected chi connectivity index (χ0v) is 11.5. The molecule has 0 fully saturated rings. The minimum absolute atomic E-state index is 0.237. The monoisotopic (exact) mass is 269 g/mol. The molecule has 0 aliphatic rings. The summed E-state index contributed by atoms with van der Waals surface area (Å²) in [6.07, 6.45) is 5.37. The third-order valence-corrected chi connectivity index (χ3v) is 3.08. The van der Waals surface area contributed by atoms with Crippen LogP contribution in [0.2, 0.25) is 0 Å². The Morgan fingerprint density at radius 3 is 2.70 bits per heavy atom. The molecule has 102 valence electrons. The average Bonchev–Trinajstić information content (AvgIpc) is 2.46. The fourth-order valence-electron chi connectivity index (χ4n) is 2.14. The van der Waals surface area contributed by atoms with Crippen molar-refractivity contribution in [3.63, 3.8) is 0 Å². The second kappa shape index (κ2) is 6.12. The van der Waals surface area contributed by atoms with Gasteiger partial charge in [-0.05, 0) is 37.3 Å². The molecule has 0 saturated carbocycles. The second-order valence-corrected chi connectivity index (χ2v) is 4.45. The van der Waals surface area contributed by atoms with Crippen molar-refractivity contribution in [2.75, 3.05) is 12.4 Å². The Kier molecular flexibility index (Phi) is 4.27. The normalized spacial score (nSPS) is 11.5. The van der Waals surface area contributed by atoms with E-state index in [1.807, 2.05) is 31.2 Å². The van der Waals surface area contributed by atoms with Gasteiger partial charge in [-0.3, -0.25) is 0 Å². The standard InChI is InChI=1S/C17H16FNO/c1-4-13-7-5-8-14(11-13)19-12(2)17-15(18)9-6-10-16(17)20-3/h1,5-12,19H,2-3H3. The zero-order valence-electron chi connectivity index (χ0n) is 11.5. The highest BCUT2D eigenvalue weighted by Gasteiger charge is 2.16.